The molecule has 2 aromatic carbocycles. The van der Waals surface area contributed by atoms with Crippen LogP contribution in [0.25, 0.3) is 6.08 Å². The lowest BCUT2D eigenvalue weighted by molar-refractivity contribution is -0.129. The number of carbonyl (C=O) groups excluding carboxylic acids is 1. The molecule has 0 fully saturated rings. The minimum absolute atomic E-state index is 0.275. The van der Waals surface area contributed by atoms with Crippen molar-refractivity contribution in [3.63, 3.8) is 0 Å². The Morgan fingerprint density at radius 2 is 1.87 bits per heavy atom. The quantitative estimate of drug-likeness (QED) is 0.638. The molecule has 0 N–H and O–H groups in total. The first-order valence-corrected chi connectivity index (χ1v) is 7.49. The molecule has 1 heterocycles. The molecule has 0 radical (unpaired) electrons. The van der Waals surface area contributed by atoms with E-state index >= 15 is 0 Å². The lowest BCUT2D eigenvalue weighted by Gasteiger charge is -2.08. The zero-order valence-corrected chi connectivity index (χ0v) is 13.1. The standard InChI is InChI=1S/C19H17NO3/c1-3-22-17-7-5-4-6-15(17)18-20-16(19(21)23-18)12-14-10-8-13(2)9-11-14/h4-12H,3H2,1-2H3/b16-12-. The van der Waals surface area contributed by atoms with Gasteiger partial charge in [-0.2, -0.15) is 0 Å². The number of hydrogen-bond acceptors (Lipinski definition) is 4. The maximum atomic E-state index is 12.1. The summed E-state index contributed by atoms with van der Waals surface area (Å²) in [5, 5.41) is 0. The van der Waals surface area contributed by atoms with Gasteiger partial charge in [-0.1, -0.05) is 42.0 Å². The lowest BCUT2D eigenvalue weighted by atomic mass is 10.1. The van der Waals surface area contributed by atoms with Gasteiger partial charge in [0.25, 0.3) is 0 Å². The number of nitrogens with zero attached hydrogens (tertiary/aromatic N) is 1. The van der Waals surface area contributed by atoms with Crippen LogP contribution in [-0.4, -0.2) is 18.5 Å². The molecule has 1 aliphatic rings. The number of hydrogen-bond donors (Lipinski definition) is 0. The van der Waals surface area contributed by atoms with Gasteiger partial charge in [-0.3, -0.25) is 0 Å². The van der Waals surface area contributed by atoms with Gasteiger partial charge in [0.1, 0.15) is 5.75 Å². The third-order valence-corrected chi connectivity index (χ3v) is 3.42. The van der Waals surface area contributed by atoms with Gasteiger partial charge >= 0.3 is 5.97 Å². The monoisotopic (exact) mass is 307 g/mol. The molecule has 116 valence electrons. The van der Waals surface area contributed by atoms with Crippen LogP contribution in [0.5, 0.6) is 5.75 Å². The highest BCUT2D eigenvalue weighted by Gasteiger charge is 2.26. The first-order chi connectivity index (χ1) is 11.2. The van der Waals surface area contributed by atoms with E-state index in [0.29, 0.717) is 17.9 Å². The Bertz CT molecular complexity index is 789. The Morgan fingerprint density at radius 1 is 1.13 bits per heavy atom. The summed E-state index contributed by atoms with van der Waals surface area (Å²) >= 11 is 0. The molecule has 23 heavy (non-hydrogen) atoms. The first kappa shape index (κ1) is 15.0. The molecule has 0 saturated heterocycles. The van der Waals surface area contributed by atoms with Gasteiger partial charge in [0.2, 0.25) is 5.90 Å². The van der Waals surface area contributed by atoms with Gasteiger partial charge in [-0.25, -0.2) is 9.79 Å². The largest absolute Gasteiger partial charge is 0.493 e. The van der Waals surface area contributed by atoms with E-state index in [1.54, 1.807) is 6.08 Å². The number of aryl methyl sites for hydroxylation is 1. The van der Waals surface area contributed by atoms with Crippen LogP contribution in [0, 0.1) is 6.92 Å². The summed E-state index contributed by atoms with van der Waals surface area (Å²) < 4.78 is 10.9. The third-order valence-electron chi connectivity index (χ3n) is 3.42. The van der Waals surface area contributed by atoms with Crippen molar-refractivity contribution >= 4 is 17.9 Å². The van der Waals surface area contributed by atoms with Crippen LogP contribution in [0.4, 0.5) is 0 Å². The predicted molar refractivity (Wildman–Crippen MR) is 89.4 cm³/mol. The summed E-state index contributed by atoms with van der Waals surface area (Å²) in [6, 6.07) is 15.2. The highest BCUT2D eigenvalue weighted by Crippen LogP contribution is 2.25. The summed E-state index contributed by atoms with van der Waals surface area (Å²) in [7, 11) is 0. The van der Waals surface area contributed by atoms with Crippen molar-refractivity contribution in [2.24, 2.45) is 4.99 Å². The van der Waals surface area contributed by atoms with Crippen LogP contribution in [0.2, 0.25) is 0 Å². The van der Waals surface area contributed by atoms with Crippen molar-refractivity contribution in [1.29, 1.82) is 0 Å². The Hall–Kier alpha value is -2.88. The van der Waals surface area contributed by atoms with Crippen LogP contribution in [0.15, 0.2) is 59.2 Å². The molecule has 4 nitrogen and oxygen atoms in total. The van der Waals surface area contributed by atoms with E-state index in [1.165, 1.54) is 0 Å². The summed E-state index contributed by atoms with van der Waals surface area (Å²) in [6.07, 6.45) is 1.72. The fourth-order valence-electron chi connectivity index (χ4n) is 2.27. The van der Waals surface area contributed by atoms with Gasteiger partial charge in [0.05, 0.1) is 12.2 Å². The first-order valence-electron chi connectivity index (χ1n) is 7.49. The zero-order valence-electron chi connectivity index (χ0n) is 13.1. The fraction of sp³-hybridized carbons (Fsp3) is 0.158. The van der Waals surface area contributed by atoms with Crippen molar-refractivity contribution in [3.05, 3.63) is 70.9 Å². The van der Waals surface area contributed by atoms with Crippen LogP contribution in [0.1, 0.15) is 23.6 Å². The topological polar surface area (TPSA) is 47.9 Å². The highest BCUT2D eigenvalue weighted by atomic mass is 16.6. The predicted octanol–water partition coefficient (Wildman–Crippen LogP) is 3.74. The summed E-state index contributed by atoms with van der Waals surface area (Å²) in [6.45, 7) is 4.45. The number of esters is 1. The van der Waals surface area contributed by atoms with Crippen molar-refractivity contribution in [1.82, 2.24) is 0 Å². The highest BCUT2D eigenvalue weighted by molar-refractivity contribution is 6.13. The van der Waals surface area contributed by atoms with Crippen LogP contribution in [0.3, 0.4) is 0 Å². The minimum Gasteiger partial charge on any atom is -0.493 e. The van der Waals surface area contributed by atoms with Crippen LogP contribution >= 0.6 is 0 Å². The third kappa shape index (κ3) is 3.31. The molecule has 0 aromatic heterocycles. The average Bonchev–Trinajstić information content (AvgIpc) is 2.91. The minimum atomic E-state index is -0.452. The number of aliphatic imine (C=N–C) groups is 1. The fourth-order valence-corrected chi connectivity index (χ4v) is 2.27. The Balaban J connectivity index is 1.94. The van der Waals surface area contributed by atoms with E-state index in [1.807, 2.05) is 62.4 Å². The molecular formula is C19H17NO3. The molecule has 0 saturated carbocycles. The second kappa shape index (κ2) is 6.48. The molecule has 0 spiro atoms. The summed E-state index contributed by atoms with van der Waals surface area (Å²) in [4.78, 5) is 16.4. The molecule has 4 heteroatoms. The van der Waals surface area contributed by atoms with E-state index in [2.05, 4.69) is 4.99 Å². The van der Waals surface area contributed by atoms with E-state index in [4.69, 9.17) is 9.47 Å². The summed E-state index contributed by atoms with van der Waals surface area (Å²) in [5.74, 6) is 0.474. The molecular weight excluding hydrogens is 290 g/mol. The molecule has 0 aliphatic carbocycles. The number of carbonyl (C=O) groups is 1. The second-order valence-electron chi connectivity index (χ2n) is 5.18. The SMILES string of the molecule is CCOc1ccccc1C1=N/C(=C\c2ccc(C)cc2)C(=O)O1. The smallest absolute Gasteiger partial charge is 0.363 e. The summed E-state index contributed by atoms with van der Waals surface area (Å²) in [5.41, 5.74) is 3.03. The van der Waals surface area contributed by atoms with Crippen molar-refractivity contribution in [2.75, 3.05) is 6.61 Å². The molecule has 0 unspecified atom stereocenters. The lowest BCUT2D eigenvalue weighted by Crippen LogP contribution is -2.07. The number of benzene rings is 2. The van der Waals surface area contributed by atoms with Gasteiger partial charge in [0, 0.05) is 0 Å². The number of rotatable bonds is 4. The van der Waals surface area contributed by atoms with Crippen molar-refractivity contribution in [2.45, 2.75) is 13.8 Å². The normalized spacial score (nSPS) is 15.5. The Kier molecular flexibility index (Phi) is 4.24. The van der Waals surface area contributed by atoms with Gasteiger partial charge < -0.3 is 9.47 Å². The van der Waals surface area contributed by atoms with Gasteiger partial charge in [-0.15, -0.1) is 0 Å². The van der Waals surface area contributed by atoms with Gasteiger partial charge in [0.15, 0.2) is 5.70 Å². The second-order valence-corrected chi connectivity index (χ2v) is 5.18. The molecule has 0 amide bonds. The van der Waals surface area contributed by atoms with E-state index in [9.17, 15) is 4.79 Å². The average molecular weight is 307 g/mol. The number of cyclic esters (lactones) is 1. The van der Waals surface area contributed by atoms with E-state index in [0.717, 1.165) is 11.1 Å². The van der Waals surface area contributed by atoms with Gasteiger partial charge in [-0.05, 0) is 37.6 Å². The number of para-hydroxylation sites is 1. The van der Waals surface area contributed by atoms with E-state index < -0.39 is 5.97 Å². The maximum Gasteiger partial charge on any atom is 0.363 e. The maximum absolute atomic E-state index is 12.1. The molecule has 3 rings (SSSR count). The zero-order chi connectivity index (χ0) is 16.2. The van der Waals surface area contributed by atoms with Crippen molar-refractivity contribution in [3.8, 4) is 5.75 Å². The Labute approximate surface area is 135 Å². The molecule has 0 bridgehead atoms. The van der Waals surface area contributed by atoms with Crippen LogP contribution in [-0.2, 0) is 9.53 Å². The van der Waals surface area contributed by atoms with Crippen molar-refractivity contribution < 1.29 is 14.3 Å². The molecule has 0 atom stereocenters. The molecule has 1 aliphatic heterocycles. The number of ether oxygens (including phenoxy) is 2. The van der Waals surface area contributed by atoms with E-state index in [-0.39, 0.29) is 11.6 Å². The van der Waals surface area contributed by atoms with Crippen LogP contribution < -0.4 is 4.74 Å². The molecule has 2 aromatic rings. The Morgan fingerprint density at radius 3 is 2.61 bits per heavy atom.